The number of fused-ring (bicyclic) bond motifs is 3. The molecule has 0 radical (unpaired) electrons. The van der Waals surface area contributed by atoms with E-state index in [-0.39, 0.29) is 0 Å². The van der Waals surface area contributed by atoms with Crippen molar-refractivity contribution in [3.63, 3.8) is 0 Å². The van der Waals surface area contributed by atoms with E-state index < -0.39 is 0 Å². The lowest BCUT2D eigenvalue weighted by molar-refractivity contribution is 1.18. The van der Waals surface area contributed by atoms with Gasteiger partial charge in [-0.05, 0) is 52.6 Å². The molecular weight excluding hydrogens is 611 g/mol. The Bertz CT molecular complexity index is 2360. The summed E-state index contributed by atoms with van der Waals surface area (Å²) in [5.41, 5.74) is 10.4. The zero-order valence-electron chi connectivity index (χ0n) is 25.2. The minimum absolute atomic E-state index is 0.651. The highest BCUT2D eigenvalue weighted by molar-refractivity contribution is 7.90. The molecule has 5 heteroatoms. The fraction of sp³-hybridized carbons (Fsp3) is 0. The number of benzene rings is 6. The van der Waals surface area contributed by atoms with Gasteiger partial charge in [-0.3, -0.25) is 0 Å². The molecule has 0 fully saturated rings. The van der Waals surface area contributed by atoms with Gasteiger partial charge >= 0.3 is 0 Å². The van der Waals surface area contributed by atoms with Gasteiger partial charge in [0.15, 0.2) is 5.82 Å². The highest BCUT2D eigenvalue weighted by Crippen LogP contribution is 2.32. The molecule has 0 saturated carbocycles. The largest absolute Gasteiger partial charge is 0.309 e. The van der Waals surface area contributed by atoms with E-state index in [4.69, 9.17) is 29.4 Å². The fourth-order valence-corrected chi connectivity index (χ4v) is 6.63. The van der Waals surface area contributed by atoms with Gasteiger partial charge in [0.05, 0.1) is 26.5 Å². The molecule has 2 aromatic heterocycles. The summed E-state index contributed by atoms with van der Waals surface area (Å²) >= 11 is 11.8. The van der Waals surface area contributed by atoms with Crippen LogP contribution < -0.4 is 0 Å². The van der Waals surface area contributed by atoms with Crippen LogP contribution in [-0.2, 0) is 0 Å². The summed E-state index contributed by atoms with van der Waals surface area (Å²) in [5, 5.41) is 2.48. The van der Waals surface area contributed by atoms with E-state index in [0.717, 1.165) is 39.2 Å². The van der Waals surface area contributed by atoms with Crippen LogP contribution in [0.15, 0.2) is 164 Å². The second kappa shape index (κ2) is 12.3. The Morgan fingerprint density at radius 3 is 1.55 bits per heavy atom. The van der Waals surface area contributed by atoms with Gasteiger partial charge in [-0.15, -0.1) is 0 Å². The number of hydrogen-bond donors (Lipinski definition) is 0. The maximum atomic E-state index is 5.89. The summed E-state index contributed by atoms with van der Waals surface area (Å²) in [6, 6.07) is 54.1. The molecule has 0 aliphatic rings. The lowest BCUT2D eigenvalue weighted by Gasteiger charge is -2.11. The Balaban J connectivity index is 1.01. The van der Waals surface area contributed by atoms with Crippen LogP contribution in [0.4, 0.5) is 0 Å². The summed E-state index contributed by atoms with van der Waals surface area (Å²) in [7, 11) is 0. The van der Waals surface area contributed by atoms with Crippen molar-refractivity contribution >= 4 is 56.0 Å². The Morgan fingerprint density at radius 2 is 0.936 bits per heavy atom. The Morgan fingerprint density at radius 1 is 0.447 bits per heavy atom. The van der Waals surface area contributed by atoms with Crippen molar-refractivity contribution in [1.82, 2.24) is 14.5 Å². The van der Waals surface area contributed by atoms with E-state index in [0.29, 0.717) is 15.6 Å². The topological polar surface area (TPSA) is 30.7 Å². The first-order valence-electron chi connectivity index (χ1n) is 15.4. The van der Waals surface area contributed by atoms with Crippen molar-refractivity contribution in [2.45, 2.75) is 0 Å². The predicted octanol–water partition coefficient (Wildman–Crippen LogP) is 10.7. The number of hydrogen-bond acceptors (Lipinski definition) is 4. The van der Waals surface area contributed by atoms with Crippen molar-refractivity contribution in [1.29, 1.82) is 0 Å². The number of para-hydroxylation sites is 2. The maximum Gasteiger partial charge on any atom is 0.159 e. The van der Waals surface area contributed by atoms with E-state index in [1.165, 1.54) is 27.4 Å². The minimum Gasteiger partial charge on any atom is -0.309 e. The van der Waals surface area contributed by atoms with Gasteiger partial charge in [-0.1, -0.05) is 152 Å². The quantitative estimate of drug-likeness (QED) is 0.129. The number of nitrogens with zero attached hydrogens (tertiary/aromatic N) is 3. The molecule has 0 amide bonds. The summed E-state index contributed by atoms with van der Waals surface area (Å²) < 4.78 is 2.30. The summed E-state index contributed by atoms with van der Waals surface area (Å²) in [5.74, 6) is 0.687. The van der Waals surface area contributed by atoms with Crippen LogP contribution in [0.5, 0.6) is 0 Å². The third-order valence-electron chi connectivity index (χ3n) is 8.52. The van der Waals surface area contributed by atoms with Crippen molar-refractivity contribution in [2.75, 3.05) is 0 Å². The lowest BCUT2D eigenvalue weighted by Crippen LogP contribution is -2.12. The SMILES string of the molecule is S=C(C(=S)c1ccc(-n2c3ccccc3c3ccccc32)cc1)c1ccc(-c2ccnc(-c3ccc(-c4ccccc4)cc3)n2)cc1. The van der Waals surface area contributed by atoms with Crippen molar-refractivity contribution in [3.8, 4) is 39.5 Å². The number of thiocarbonyl (C=S) groups is 2. The molecular formula is C42H27N3S2. The van der Waals surface area contributed by atoms with E-state index in [1.807, 2.05) is 48.5 Å². The second-order valence-corrected chi connectivity index (χ2v) is 12.2. The van der Waals surface area contributed by atoms with Crippen LogP contribution in [-0.4, -0.2) is 24.3 Å². The molecule has 0 unspecified atom stereocenters. The van der Waals surface area contributed by atoms with Crippen molar-refractivity contribution < 1.29 is 0 Å². The van der Waals surface area contributed by atoms with Gasteiger partial charge in [-0.25, -0.2) is 9.97 Å². The van der Waals surface area contributed by atoms with Gasteiger partial charge in [0, 0.05) is 33.8 Å². The smallest absolute Gasteiger partial charge is 0.159 e. The third kappa shape index (κ3) is 5.46. The molecule has 3 nitrogen and oxygen atoms in total. The normalized spacial score (nSPS) is 11.1. The summed E-state index contributed by atoms with van der Waals surface area (Å²) in [6.45, 7) is 0. The number of rotatable bonds is 7. The van der Waals surface area contributed by atoms with Crippen LogP contribution in [0.2, 0.25) is 0 Å². The average Bonchev–Trinajstić information content (AvgIpc) is 3.49. The van der Waals surface area contributed by atoms with Gasteiger partial charge < -0.3 is 4.57 Å². The molecule has 0 spiro atoms. The van der Waals surface area contributed by atoms with Crippen LogP contribution in [0.1, 0.15) is 11.1 Å². The van der Waals surface area contributed by atoms with Crippen LogP contribution in [0.25, 0.3) is 61.3 Å². The highest BCUT2D eigenvalue weighted by atomic mass is 32.1. The molecule has 0 atom stereocenters. The molecule has 0 N–H and O–H groups in total. The van der Waals surface area contributed by atoms with Crippen LogP contribution >= 0.6 is 24.4 Å². The van der Waals surface area contributed by atoms with Gasteiger partial charge in [0.25, 0.3) is 0 Å². The zero-order chi connectivity index (χ0) is 31.7. The summed E-state index contributed by atoms with van der Waals surface area (Å²) in [6.07, 6.45) is 1.81. The Labute approximate surface area is 283 Å². The van der Waals surface area contributed by atoms with Gasteiger partial charge in [0.2, 0.25) is 0 Å². The fourth-order valence-electron chi connectivity index (χ4n) is 6.12. The average molecular weight is 638 g/mol. The standard InChI is InChI=1S/C42H27N3S2/c46-40(41(47)32-22-24-34(25-23-32)45-38-12-6-4-10-35(38)36-11-5-7-13-39(36)45)31-18-16-30(17-19-31)37-26-27-43-42(44-37)33-20-14-29(15-21-33)28-8-2-1-3-9-28/h1-27H. The van der Waals surface area contributed by atoms with E-state index >= 15 is 0 Å². The second-order valence-electron chi connectivity index (χ2n) is 11.4. The van der Waals surface area contributed by atoms with E-state index in [1.54, 1.807) is 6.20 Å². The molecule has 8 rings (SSSR count). The molecule has 0 bridgehead atoms. The first-order chi connectivity index (χ1) is 23.1. The lowest BCUT2D eigenvalue weighted by atomic mass is 10.0. The highest BCUT2D eigenvalue weighted by Gasteiger charge is 2.14. The van der Waals surface area contributed by atoms with Crippen LogP contribution in [0.3, 0.4) is 0 Å². The molecule has 222 valence electrons. The number of aromatic nitrogens is 3. The minimum atomic E-state index is 0.651. The van der Waals surface area contributed by atoms with Gasteiger partial charge in [0.1, 0.15) is 0 Å². The Kier molecular flexibility index (Phi) is 7.54. The summed E-state index contributed by atoms with van der Waals surface area (Å²) in [4.78, 5) is 10.7. The first-order valence-corrected chi connectivity index (χ1v) is 16.2. The first kappa shape index (κ1) is 28.8. The zero-order valence-corrected chi connectivity index (χ0v) is 26.9. The molecule has 6 aromatic carbocycles. The Hall–Kier alpha value is -5.62. The maximum absolute atomic E-state index is 5.89. The monoisotopic (exact) mass is 637 g/mol. The third-order valence-corrected chi connectivity index (χ3v) is 9.53. The van der Waals surface area contributed by atoms with Crippen molar-refractivity contribution in [2.24, 2.45) is 0 Å². The molecule has 0 saturated heterocycles. The predicted molar refractivity (Wildman–Crippen MR) is 203 cm³/mol. The molecule has 47 heavy (non-hydrogen) atoms. The molecule has 8 aromatic rings. The van der Waals surface area contributed by atoms with E-state index in [9.17, 15) is 0 Å². The molecule has 0 aliphatic carbocycles. The van der Waals surface area contributed by atoms with E-state index in [2.05, 4.69) is 119 Å². The van der Waals surface area contributed by atoms with Crippen molar-refractivity contribution in [3.05, 3.63) is 175 Å². The molecule has 0 aliphatic heterocycles. The van der Waals surface area contributed by atoms with Crippen LogP contribution in [0, 0.1) is 0 Å². The van der Waals surface area contributed by atoms with Gasteiger partial charge in [-0.2, -0.15) is 0 Å². The molecule has 2 heterocycles.